The van der Waals surface area contributed by atoms with Crippen LogP contribution in [0.4, 0.5) is 0 Å². The third-order valence-electron chi connectivity index (χ3n) is 2.41. The topological polar surface area (TPSA) is 20.2 Å². The van der Waals surface area contributed by atoms with Gasteiger partial charge in [0.15, 0.2) is 0 Å². The molecule has 0 heterocycles. The molecule has 1 N–H and O–H groups in total. The zero-order valence-electron chi connectivity index (χ0n) is 9.21. The monoisotopic (exact) mass is 312 g/mol. The summed E-state index contributed by atoms with van der Waals surface area (Å²) in [6.45, 7) is 0. The second-order valence-electron chi connectivity index (χ2n) is 3.69. The van der Waals surface area contributed by atoms with Crippen LogP contribution in [0.5, 0.6) is 0 Å². The number of hydrogen-bond donors (Lipinski definition) is 1. The first kappa shape index (κ1) is 12.7. The van der Waals surface area contributed by atoms with Gasteiger partial charge >= 0.3 is 113 Å². The van der Waals surface area contributed by atoms with Crippen molar-refractivity contribution in [2.75, 3.05) is 0 Å². The van der Waals surface area contributed by atoms with Crippen molar-refractivity contribution in [1.82, 2.24) is 0 Å². The van der Waals surface area contributed by atoms with Crippen LogP contribution >= 0.6 is 11.6 Å². The van der Waals surface area contributed by atoms with Gasteiger partial charge < -0.3 is 0 Å². The van der Waals surface area contributed by atoms with E-state index in [1.54, 1.807) is 0 Å². The third kappa shape index (κ3) is 3.86. The molecule has 0 aliphatic carbocycles. The Morgan fingerprint density at radius 1 is 1.00 bits per heavy atom. The first-order valence-corrected chi connectivity index (χ1v) is 7.81. The molecule has 0 aliphatic rings. The molecule has 0 bridgehead atoms. The number of rotatable bonds is 4. The molecule has 1 atom stereocenters. The van der Waals surface area contributed by atoms with Gasteiger partial charge in [-0.3, -0.25) is 0 Å². The Labute approximate surface area is 113 Å². The number of aliphatic hydroxyl groups excluding tert-OH is 1. The van der Waals surface area contributed by atoms with Crippen LogP contribution in [0, 0.1) is 0 Å². The summed E-state index contributed by atoms with van der Waals surface area (Å²) in [5.41, 5.74) is 0.937. The number of hydrogen-bond acceptors (Lipinski definition) is 1. The number of halogens is 1. The van der Waals surface area contributed by atoms with Crippen molar-refractivity contribution in [2.24, 2.45) is 0 Å². The van der Waals surface area contributed by atoms with Crippen LogP contribution in [0.3, 0.4) is 0 Å². The molecule has 0 radical (unpaired) electrons. The normalized spacial score (nSPS) is 12.4. The second kappa shape index (κ2) is 6.23. The van der Waals surface area contributed by atoms with Crippen LogP contribution in [-0.2, 0) is 0 Å². The Hall–Kier alpha value is -0.791. The van der Waals surface area contributed by atoms with Gasteiger partial charge in [-0.05, 0) is 0 Å². The van der Waals surface area contributed by atoms with E-state index in [0.717, 1.165) is 10.9 Å². The fourth-order valence-corrected chi connectivity index (χ4v) is 3.47. The van der Waals surface area contributed by atoms with E-state index in [1.807, 2.05) is 42.5 Å². The second-order valence-corrected chi connectivity index (χ2v) is 6.42. The van der Waals surface area contributed by atoms with Gasteiger partial charge in [0.2, 0.25) is 0 Å². The van der Waals surface area contributed by atoms with Crippen LogP contribution in [0.25, 0.3) is 0 Å². The summed E-state index contributed by atoms with van der Waals surface area (Å²) in [5, 5.41) is 11.5. The number of benzene rings is 2. The van der Waals surface area contributed by atoms with Gasteiger partial charge in [0.1, 0.15) is 0 Å². The summed E-state index contributed by atoms with van der Waals surface area (Å²) in [6, 6.07) is 17.7. The van der Waals surface area contributed by atoms with Crippen molar-refractivity contribution in [3.05, 3.63) is 65.2 Å². The van der Waals surface area contributed by atoms with E-state index in [2.05, 4.69) is 12.1 Å². The van der Waals surface area contributed by atoms with Gasteiger partial charge in [-0.25, -0.2) is 0 Å². The summed E-state index contributed by atoms with van der Waals surface area (Å²) < 4.78 is 1.31. The zero-order valence-corrected chi connectivity index (χ0v) is 11.7. The van der Waals surface area contributed by atoms with Crippen molar-refractivity contribution in [3.63, 3.8) is 0 Å². The predicted molar refractivity (Wildman–Crippen MR) is 73.0 cm³/mol. The average molecular weight is 312 g/mol. The molecular weight excluding hydrogens is 299 g/mol. The Kier molecular flexibility index (Phi) is 4.64. The molecule has 0 aromatic heterocycles. The van der Waals surface area contributed by atoms with Crippen LogP contribution in [0.2, 0.25) is 10.3 Å². The fourth-order valence-electron chi connectivity index (χ4n) is 1.47. The molecule has 0 aliphatic heterocycles. The average Bonchev–Trinajstić information content (AvgIpc) is 2.38. The van der Waals surface area contributed by atoms with E-state index in [9.17, 15) is 5.11 Å². The molecule has 0 amide bonds. The molecule has 2 aromatic carbocycles. The molecule has 0 saturated carbocycles. The van der Waals surface area contributed by atoms with Gasteiger partial charge in [0.05, 0.1) is 0 Å². The van der Waals surface area contributed by atoms with Gasteiger partial charge in [-0.15, -0.1) is 0 Å². The zero-order chi connectivity index (χ0) is 12.1. The van der Waals surface area contributed by atoms with Crippen LogP contribution in [0.15, 0.2) is 54.6 Å². The standard InChI is InChI=1S/C14H13ClOSe/c15-12-8-6-11(7-9-12)14(16)10-17-13-4-2-1-3-5-13/h1-9,14,16H,10H2. The summed E-state index contributed by atoms with van der Waals surface area (Å²) in [5.74, 6) is 0. The van der Waals surface area contributed by atoms with Crippen molar-refractivity contribution in [1.29, 1.82) is 0 Å². The minimum atomic E-state index is -0.396. The van der Waals surface area contributed by atoms with Gasteiger partial charge in [0, 0.05) is 0 Å². The van der Waals surface area contributed by atoms with Crippen LogP contribution < -0.4 is 4.46 Å². The molecular formula is C14H13ClOSe. The number of aliphatic hydroxyl groups is 1. The maximum absolute atomic E-state index is 10.0. The SMILES string of the molecule is OC(C[Se]c1ccccc1)c1ccc(Cl)cc1. The van der Waals surface area contributed by atoms with E-state index < -0.39 is 6.10 Å². The van der Waals surface area contributed by atoms with E-state index in [4.69, 9.17) is 11.6 Å². The van der Waals surface area contributed by atoms with Crippen molar-refractivity contribution < 1.29 is 5.11 Å². The Morgan fingerprint density at radius 2 is 1.65 bits per heavy atom. The van der Waals surface area contributed by atoms with Crippen molar-refractivity contribution >= 4 is 31.0 Å². The first-order chi connectivity index (χ1) is 8.25. The van der Waals surface area contributed by atoms with Gasteiger partial charge in [-0.1, -0.05) is 0 Å². The molecule has 0 spiro atoms. The van der Waals surface area contributed by atoms with Crippen molar-refractivity contribution in [2.45, 2.75) is 11.4 Å². The minimum absolute atomic E-state index is 0.306. The Bertz CT molecular complexity index is 455. The van der Waals surface area contributed by atoms with Gasteiger partial charge in [0.25, 0.3) is 0 Å². The van der Waals surface area contributed by atoms with E-state index in [1.165, 1.54) is 4.46 Å². The van der Waals surface area contributed by atoms with Crippen molar-refractivity contribution in [3.8, 4) is 0 Å². The molecule has 17 heavy (non-hydrogen) atoms. The molecule has 1 unspecified atom stereocenters. The maximum atomic E-state index is 10.0. The van der Waals surface area contributed by atoms with Crippen LogP contribution in [-0.4, -0.2) is 20.1 Å². The van der Waals surface area contributed by atoms with E-state index in [0.29, 0.717) is 20.0 Å². The molecule has 3 heteroatoms. The molecule has 2 aromatic rings. The molecule has 88 valence electrons. The third-order valence-corrected chi connectivity index (χ3v) is 4.94. The predicted octanol–water partition coefficient (Wildman–Crippen LogP) is 2.82. The van der Waals surface area contributed by atoms with Crippen LogP contribution in [0.1, 0.15) is 11.7 Å². The summed E-state index contributed by atoms with van der Waals surface area (Å²) in [4.78, 5) is 0. The summed E-state index contributed by atoms with van der Waals surface area (Å²) in [6.07, 6.45) is -0.396. The van der Waals surface area contributed by atoms with E-state index in [-0.39, 0.29) is 0 Å². The first-order valence-electron chi connectivity index (χ1n) is 5.37. The summed E-state index contributed by atoms with van der Waals surface area (Å²) in [7, 11) is 0. The summed E-state index contributed by atoms with van der Waals surface area (Å²) >= 11 is 6.12. The Morgan fingerprint density at radius 3 is 2.29 bits per heavy atom. The molecule has 2 rings (SSSR count). The van der Waals surface area contributed by atoms with E-state index >= 15 is 0 Å². The molecule has 1 nitrogen and oxygen atoms in total. The fraction of sp³-hybridized carbons (Fsp3) is 0.143. The quantitative estimate of drug-likeness (QED) is 0.861. The molecule has 0 fully saturated rings. The Balaban J connectivity index is 1.93. The van der Waals surface area contributed by atoms with Gasteiger partial charge in [-0.2, -0.15) is 0 Å². The molecule has 0 saturated heterocycles.